The van der Waals surface area contributed by atoms with Crippen LogP contribution in [-0.4, -0.2) is 35.8 Å². The molecular formula is C19H18FN5O2. The highest BCUT2D eigenvalue weighted by molar-refractivity contribution is 5.83. The van der Waals surface area contributed by atoms with Crippen molar-refractivity contribution >= 4 is 28.7 Å². The Balaban J connectivity index is 1.65. The molecule has 27 heavy (non-hydrogen) atoms. The third kappa shape index (κ3) is 4.35. The Labute approximate surface area is 154 Å². The predicted octanol–water partition coefficient (Wildman–Crippen LogP) is 1.75. The van der Waals surface area contributed by atoms with Crippen molar-refractivity contribution in [1.82, 2.24) is 15.0 Å². The molecule has 0 saturated heterocycles. The maximum absolute atomic E-state index is 13.2. The van der Waals surface area contributed by atoms with E-state index in [4.69, 9.17) is 0 Å². The highest BCUT2D eigenvalue weighted by Gasteiger charge is 2.08. The van der Waals surface area contributed by atoms with Crippen LogP contribution in [-0.2, 0) is 11.3 Å². The number of hydrazone groups is 1. The number of carbonyl (C=O) groups is 1. The first kappa shape index (κ1) is 18.2. The fourth-order valence-electron chi connectivity index (χ4n) is 2.47. The first-order valence-electron chi connectivity index (χ1n) is 8.18. The zero-order valence-electron chi connectivity index (χ0n) is 14.9. The van der Waals surface area contributed by atoms with E-state index in [1.54, 1.807) is 0 Å². The summed E-state index contributed by atoms with van der Waals surface area (Å²) in [4.78, 5) is 30.3. The fourth-order valence-corrected chi connectivity index (χ4v) is 2.47. The van der Waals surface area contributed by atoms with Gasteiger partial charge in [-0.05, 0) is 29.8 Å². The van der Waals surface area contributed by atoms with Crippen LogP contribution in [0.5, 0.6) is 0 Å². The van der Waals surface area contributed by atoms with Crippen molar-refractivity contribution in [2.75, 3.05) is 19.0 Å². The molecule has 3 aromatic rings. The van der Waals surface area contributed by atoms with E-state index < -0.39 is 17.3 Å². The van der Waals surface area contributed by atoms with E-state index in [0.29, 0.717) is 0 Å². The number of rotatable bonds is 5. The summed E-state index contributed by atoms with van der Waals surface area (Å²) in [6.07, 6.45) is 2.73. The normalized spacial score (nSPS) is 11.1. The molecule has 3 rings (SSSR count). The molecule has 0 radical (unpaired) electrons. The van der Waals surface area contributed by atoms with Gasteiger partial charge >= 0.3 is 0 Å². The monoisotopic (exact) mass is 367 g/mol. The van der Waals surface area contributed by atoms with E-state index in [-0.39, 0.29) is 17.4 Å². The Morgan fingerprint density at radius 3 is 2.70 bits per heavy atom. The molecule has 2 aromatic carbocycles. The largest absolute Gasteiger partial charge is 0.378 e. The molecule has 1 N–H and O–H groups in total. The summed E-state index contributed by atoms with van der Waals surface area (Å²) < 4.78 is 14.3. The second-order valence-corrected chi connectivity index (χ2v) is 6.12. The third-order valence-electron chi connectivity index (χ3n) is 3.91. The number of anilines is 1. The van der Waals surface area contributed by atoms with Gasteiger partial charge < -0.3 is 4.90 Å². The molecular weight excluding hydrogens is 349 g/mol. The van der Waals surface area contributed by atoms with Gasteiger partial charge in [-0.3, -0.25) is 14.2 Å². The molecule has 0 fully saturated rings. The van der Waals surface area contributed by atoms with E-state index >= 15 is 0 Å². The minimum Gasteiger partial charge on any atom is -0.378 e. The van der Waals surface area contributed by atoms with Crippen LogP contribution in [0.3, 0.4) is 0 Å². The molecule has 0 bridgehead atoms. The van der Waals surface area contributed by atoms with Gasteiger partial charge in [-0.25, -0.2) is 14.8 Å². The van der Waals surface area contributed by atoms with Gasteiger partial charge in [-0.1, -0.05) is 12.1 Å². The molecule has 0 aliphatic carbocycles. The molecule has 0 spiro atoms. The average molecular weight is 367 g/mol. The number of benzene rings is 2. The van der Waals surface area contributed by atoms with E-state index in [1.165, 1.54) is 30.7 Å². The molecule has 1 heterocycles. The highest BCUT2D eigenvalue weighted by Crippen LogP contribution is 2.11. The number of nitrogens with one attached hydrogen (secondary N) is 1. The molecule has 1 amide bonds. The van der Waals surface area contributed by atoms with Crippen LogP contribution in [0.2, 0.25) is 0 Å². The molecule has 1 aromatic heterocycles. The first-order chi connectivity index (χ1) is 12.9. The third-order valence-corrected chi connectivity index (χ3v) is 3.91. The number of carbonyl (C=O) groups excluding carboxylic acids is 1. The zero-order valence-corrected chi connectivity index (χ0v) is 14.9. The van der Waals surface area contributed by atoms with Gasteiger partial charge in [0.25, 0.3) is 11.5 Å². The number of halogens is 1. The number of hydrogen-bond donors (Lipinski definition) is 1. The summed E-state index contributed by atoms with van der Waals surface area (Å²) in [6, 6.07) is 11.3. The number of amides is 1. The Kier molecular flexibility index (Phi) is 5.25. The second kappa shape index (κ2) is 7.77. The van der Waals surface area contributed by atoms with Crippen LogP contribution in [0.1, 0.15) is 5.56 Å². The van der Waals surface area contributed by atoms with Crippen molar-refractivity contribution in [2.24, 2.45) is 5.10 Å². The highest BCUT2D eigenvalue weighted by atomic mass is 19.1. The Morgan fingerprint density at radius 1 is 1.26 bits per heavy atom. The molecule has 0 saturated carbocycles. The van der Waals surface area contributed by atoms with Gasteiger partial charge in [-0.2, -0.15) is 5.10 Å². The standard InChI is InChI=1S/C19H18FN5O2/c1-24(2)15-6-3-13(4-7-15)10-22-23-18(26)11-25-12-21-17-9-14(20)5-8-16(17)19(25)27/h3-10,12H,11H2,1-2H3,(H,23,26)/b22-10+. The summed E-state index contributed by atoms with van der Waals surface area (Å²) in [5.74, 6) is -0.945. The van der Waals surface area contributed by atoms with Crippen molar-refractivity contribution in [1.29, 1.82) is 0 Å². The van der Waals surface area contributed by atoms with Gasteiger partial charge in [0.05, 0.1) is 23.4 Å². The topological polar surface area (TPSA) is 79.6 Å². The van der Waals surface area contributed by atoms with E-state index in [9.17, 15) is 14.0 Å². The molecule has 0 aliphatic rings. The van der Waals surface area contributed by atoms with Crippen LogP contribution >= 0.6 is 0 Å². The average Bonchev–Trinajstić information content (AvgIpc) is 2.64. The quantitative estimate of drug-likeness (QED) is 0.550. The minimum absolute atomic E-state index is 0.240. The van der Waals surface area contributed by atoms with E-state index in [1.807, 2.05) is 43.3 Å². The Hall–Kier alpha value is -3.55. The first-order valence-corrected chi connectivity index (χ1v) is 8.18. The summed E-state index contributed by atoms with van der Waals surface area (Å²) >= 11 is 0. The summed E-state index contributed by atoms with van der Waals surface area (Å²) in [5, 5.41) is 4.14. The molecule has 8 heteroatoms. The summed E-state index contributed by atoms with van der Waals surface area (Å²) in [6.45, 7) is -0.240. The number of hydrogen-bond acceptors (Lipinski definition) is 5. The fraction of sp³-hybridized carbons (Fsp3) is 0.158. The second-order valence-electron chi connectivity index (χ2n) is 6.12. The lowest BCUT2D eigenvalue weighted by Gasteiger charge is -2.11. The van der Waals surface area contributed by atoms with Crippen LogP contribution in [0.15, 0.2) is 58.7 Å². The molecule has 0 unspecified atom stereocenters. The van der Waals surface area contributed by atoms with Crippen molar-refractivity contribution in [3.8, 4) is 0 Å². The van der Waals surface area contributed by atoms with Gasteiger partial charge in [0.15, 0.2) is 0 Å². The summed E-state index contributed by atoms with van der Waals surface area (Å²) in [7, 11) is 3.90. The van der Waals surface area contributed by atoms with Crippen molar-refractivity contribution in [3.63, 3.8) is 0 Å². The van der Waals surface area contributed by atoms with Crippen molar-refractivity contribution in [2.45, 2.75) is 6.54 Å². The smallest absolute Gasteiger partial charge is 0.261 e. The Bertz CT molecular complexity index is 1060. The maximum atomic E-state index is 13.2. The van der Waals surface area contributed by atoms with Gasteiger partial charge in [0, 0.05) is 25.8 Å². The van der Waals surface area contributed by atoms with Gasteiger partial charge in [0.2, 0.25) is 0 Å². The van der Waals surface area contributed by atoms with Gasteiger partial charge in [-0.15, -0.1) is 0 Å². The van der Waals surface area contributed by atoms with E-state index in [2.05, 4.69) is 15.5 Å². The van der Waals surface area contributed by atoms with Crippen LogP contribution < -0.4 is 15.9 Å². The van der Waals surface area contributed by atoms with Crippen LogP contribution in [0, 0.1) is 5.82 Å². The molecule has 138 valence electrons. The lowest BCUT2D eigenvalue weighted by molar-refractivity contribution is -0.121. The van der Waals surface area contributed by atoms with Crippen molar-refractivity contribution in [3.05, 3.63) is 70.5 Å². The maximum Gasteiger partial charge on any atom is 0.261 e. The molecule has 0 aliphatic heterocycles. The van der Waals surface area contributed by atoms with Gasteiger partial charge in [0.1, 0.15) is 12.4 Å². The number of nitrogens with zero attached hydrogens (tertiary/aromatic N) is 4. The van der Waals surface area contributed by atoms with Crippen LogP contribution in [0.4, 0.5) is 10.1 Å². The number of aromatic nitrogens is 2. The van der Waals surface area contributed by atoms with Crippen LogP contribution in [0.25, 0.3) is 10.9 Å². The lowest BCUT2D eigenvalue weighted by atomic mass is 10.2. The number of fused-ring (bicyclic) bond motifs is 1. The SMILES string of the molecule is CN(C)c1ccc(/C=N/NC(=O)Cn2cnc3cc(F)ccc3c2=O)cc1. The van der Waals surface area contributed by atoms with E-state index in [0.717, 1.165) is 15.8 Å². The lowest BCUT2D eigenvalue weighted by Crippen LogP contribution is -2.30. The zero-order chi connectivity index (χ0) is 19.4. The molecule has 0 atom stereocenters. The Morgan fingerprint density at radius 2 is 2.00 bits per heavy atom. The summed E-state index contributed by atoms with van der Waals surface area (Å²) in [5.41, 5.74) is 4.08. The minimum atomic E-state index is -0.474. The predicted molar refractivity (Wildman–Crippen MR) is 102 cm³/mol. The van der Waals surface area contributed by atoms with Crippen molar-refractivity contribution < 1.29 is 9.18 Å². The molecule has 7 nitrogen and oxygen atoms in total.